The van der Waals surface area contributed by atoms with Gasteiger partial charge in [0, 0.05) is 29.7 Å². The predicted octanol–water partition coefficient (Wildman–Crippen LogP) is 3.33. The second kappa shape index (κ2) is 10.6. The van der Waals surface area contributed by atoms with Crippen LogP contribution in [-0.2, 0) is 17.8 Å². The standard InChI is InChI=1S/C23H24ClN3O4/c1-30-20-10-4-16(14-21(20)31-2)15-22(28)25-12-3-13-27-23(29)11-9-19(26-27)17-5-7-18(24)8-6-17/h4-11,14H,3,12-13,15H2,1-2H3,(H,25,28). The van der Waals surface area contributed by atoms with Crippen LogP contribution in [-0.4, -0.2) is 36.5 Å². The molecule has 3 rings (SSSR count). The molecule has 0 aliphatic carbocycles. The Morgan fingerprint density at radius 1 is 1.03 bits per heavy atom. The lowest BCUT2D eigenvalue weighted by Gasteiger charge is -2.10. The van der Waals surface area contributed by atoms with Gasteiger partial charge in [-0.05, 0) is 42.3 Å². The van der Waals surface area contributed by atoms with E-state index in [2.05, 4.69) is 10.4 Å². The Kier molecular flexibility index (Phi) is 7.67. The molecule has 0 saturated carbocycles. The van der Waals surface area contributed by atoms with Crippen LogP contribution in [0, 0.1) is 0 Å². The van der Waals surface area contributed by atoms with Crippen LogP contribution in [0.4, 0.5) is 0 Å². The molecule has 0 aliphatic rings. The SMILES string of the molecule is COc1ccc(CC(=O)NCCCn2nc(-c3ccc(Cl)cc3)ccc2=O)cc1OC. The summed E-state index contributed by atoms with van der Waals surface area (Å²) in [6, 6.07) is 15.8. The number of amides is 1. The number of nitrogens with zero attached hydrogens (tertiary/aromatic N) is 2. The number of aryl methyl sites for hydroxylation is 1. The molecule has 1 N–H and O–H groups in total. The first-order chi connectivity index (χ1) is 15.0. The molecule has 0 aliphatic heterocycles. The van der Waals surface area contributed by atoms with Crippen molar-refractivity contribution in [1.82, 2.24) is 15.1 Å². The quantitative estimate of drug-likeness (QED) is 0.515. The molecule has 8 heteroatoms. The van der Waals surface area contributed by atoms with Gasteiger partial charge >= 0.3 is 0 Å². The van der Waals surface area contributed by atoms with Crippen LogP contribution in [0.1, 0.15) is 12.0 Å². The zero-order valence-corrected chi connectivity index (χ0v) is 18.2. The van der Waals surface area contributed by atoms with E-state index < -0.39 is 0 Å². The highest BCUT2D eigenvalue weighted by molar-refractivity contribution is 6.30. The van der Waals surface area contributed by atoms with Crippen LogP contribution in [0.5, 0.6) is 11.5 Å². The monoisotopic (exact) mass is 441 g/mol. The van der Waals surface area contributed by atoms with Crippen molar-refractivity contribution in [1.29, 1.82) is 0 Å². The van der Waals surface area contributed by atoms with E-state index in [1.54, 1.807) is 44.6 Å². The van der Waals surface area contributed by atoms with E-state index in [1.165, 1.54) is 10.7 Å². The second-order valence-corrected chi connectivity index (χ2v) is 7.29. The highest BCUT2D eigenvalue weighted by atomic mass is 35.5. The van der Waals surface area contributed by atoms with Crippen molar-refractivity contribution in [3.05, 3.63) is 75.5 Å². The van der Waals surface area contributed by atoms with Crippen molar-refractivity contribution >= 4 is 17.5 Å². The van der Waals surface area contributed by atoms with Gasteiger partial charge in [-0.15, -0.1) is 0 Å². The van der Waals surface area contributed by atoms with Crippen molar-refractivity contribution in [2.75, 3.05) is 20.8 Å². The van der Waals surface area contributed by atoms with Gasteiger partial charge in [-0.2, -0.15) is 5.10 Å². The third-order valence-corrected chi connectivity index (χ3v) is 4.94. The van der Waals surface area contributed by atoms with Gasteiger partial charge in [0.05, 0.1) is 26.3 Å². The number of carbonyl (C=O) groups excluding carboxylic acids is 1. The summed E-state index contributed by atoms with van der Waals surface area (Å²) in [5.41, 5.74) is 2.20. The Balaban J connectivity index is 1.52. The fraction of sp³-hybridized carbons (Fsp3) is 0.261. The Hall–Kier alpha value is -3.32. The number of carbonyl (C=O) groups is 1. The lowest BCUT2D eigenvalue weighted by atomic mass is 10.1. The fourth-order valence-electron chi connectivity index (χ4n) is 3.08. The first-order valence-corrected chi connectivity index (χ1v) is 10.2. The highest BCUT2D eigenvalue weighted by Crippen LogP contribution is 2.27. The zero-order chi connectivity index (χ0) is 22.2. The van der Waals surface area contributed by atoms with E-state index in [1.807, 2.05) is 18.2 Å². The summed E-state index contributed by atoms with van der Waals surface area (Å²) in [6.45, 7) is 0.836. The first-order valence-electron chi connectivity index (χ1n) is 9.82. The number of aromatic nitrogens is 2. The molecule has 3 aromatic rings. The highest BCUT2D eigenvalue weighted by Gasteiger charge is 2.09. The second-order valence-electron chi connectivity index (χ2n) is 6.86. The number of methoxy groups -OCH3 is 2. The lowest BCUT2D eigenvalue weighted by Crippen LogP contribution is -2.29. The molecule has 1 aromatic heterocycles. The number of hydrogen-bond donors (Lipinski definition) is 1. The van der Waals surface area contributed by atoms with Crippen molar-refractivity contribution in [2.45, 2.75) is 19.4 Å². The van der Waals surface area contributed by atoms with E-state index >= 15 is 0 Å². The van der Waals surface area contributed by atoms with Gasteiger partial charge in [-0.25, -0.2) is 4.68 Å². The smallest absolute Gasteiger partial charge is 0.266 e. The third-order valence-electron chi connectivity index (χ3n) is 4.69. The molecule has 1 heterocycles. The van der Waals surface area contributed by atoms with E-state index in [-0.39, 0.29) is 17.9 Å². The molecular weight excluding hydrogens is 418 g/mol. The van der Waals surface area contributed by atoms with Gasteiger partial charge in [-0.3, -0.25) is 9.59 Å². The van der Waals surface area contributed by atoms with Gasteiger partial charge in [0.15, 0.2) is 11.5 Å². The molecule has 0 bridgehead atoms. The van der Waals surface area contributed by atoms with E-state index in [9.17, 15) is 9.59 Å². The number of halogens is 1. The summed E-state index contributed by atoms with van der Waals surface area (Å²) in [5.74, 6) is 1.09. The minimum Gasteiger partial charge on any atom is -0.493 e. The van der Waals surface area contributed by atoms with Gasteiger partial charge in [-0.1, -0.05) is 29.8 Å². The number of rotatable bonds is 9. The molecule has 1 amide bonds. The molecular formula is C23H24ClN3O4. The van der Waals surface area contributed by atoms with Crippen molar-refractivity contribution < 1.29 is 14.3 Å². The summed E-state index contributed by atoms with van der Waals surface area (Å²) in [6.07, 6.45) is 0.805. The Labute approximate surface area is 185 Å². The number of benzene rings is 2. The molecule has 162 valence electrons. The summed E-state index contributed by atoms with van der Waals surface area (Å²) < 4.78 is 11.9. The lowest BCUT2D eigenvalue weighted by molar-refractivity contribution is -0.120. The van der Waals surface area contributed by atoms with Gasteiger partial charge in [0.25, 0.3) is 5.56 Å². The largest absolute Gasteiger partial charge is 0.493 e. The van der Waals surface area contributed by atoms with Crippen LogP contribution in [0.15, 0.2) is 59.4 Å². The number of ether oxygens (including phenoxy) is 2. The van der Waals surface area contributed by atoms with Crippen molar-refractivity contribution in [2.24, 2.45) is 0 Å². The predicted molar refractivity (Wildman–Crippen MR) is 120 cm³/mol. The fourth-order valence-corrected chi connectivity index (χ4v) is 3.20. The number of nitrogens with one attached hydrogen (secondary N) is 1. The van der Waals surface area contributed by atoms with Crippen LogP contribution < -0.4 is 20.3 Å². The molecule has 0 fully saturated rings. The third kappa shape index (κ3) is 6.08. The zero-order valence-electron chi connectivity index (χ0n) is 17.4. The Morgan fingerprint density at radius 2 is 1.77 bits per heavy atom. The maximum Gasteiger partial charge on any atom is 0.266 e. The molecule has 0 atom stereocenters. The van der Waals surface area contributed by atoms with Gasteiger partial charge in [0.1, 0.15) is 0 Å². The maximum atomic E-state index is 12.2. The number of hydrogen-bond acceptors (Lipinski definition) is 5. The average molecular weight is 442 g/mol. The molecule has 2 aromatic carbocycles. The van der Waals surface area contributed by atoms with Crippen molar-refractivity contribution in [3.63, 3.8) is 0 Å². The molecule has 31 heavy (non-hydrogen) atoms. The van der Waals surface area contributed by atoms with E-state index in [4.69, 9.17) is 21.1 Å². The van der Waals surface area contributed by atoms with E-state index in [0.29, 0.717) is 41.7 Å². The van der Waals surface area contributed by atoms with Crippen LogP contribution in [0.2, 0.25) is 5.02 Å². The van der Waals surface area contributed by atoms with Crippen LogP contribution >= 0.6 is 11.6 Å². The Morgan fingerprint density at radius 3 is 2.48 bits per heavy atom. The van der Waals surface area contributed by atoms with Crippen LogP contribution in [0.25, 0.3) is 11.3 Å². The molecule has 0 saturated heterocycles. The minimum absolute atomic E-state index is 0.109. The molecule has 7 nitrogen and oxygen atoms in total. The molecule has 0 unspecified atom stereocenters. The van der Waals surface area contributed by atoms with E-state index in [0.717, 1.165) is 11.1 Å². The average Bonchev–Trinajstić information content (AvgIpc) is 2.78. The summed E-state index contributed by atoms with van der Waals surface area (Å²) >= 11 is 5.92. The minimum atomic E-state index is -0.186. The maximum absolute atomic E-state index is 12.2. The summed E-state index contributed by atoms with van der Waals surface area (Å²) in [5, 5.41) is 7.93. The molecule has 0 radical (unpaired) electrons. The first kappa shape index (κ1) is 22.4. The van der Waals surface area contributed by atoms with Crippen molar-refractivity contribution in [3.8, 4) is 22.8 Å². The summed E-state index contributed by atoms with van der Waals surface area (Å²) in [7, 11) is 3.12. The Bertz CT molecular complexity index is 1100. The van der Waals surface area contributed by atoms with Gasteiger partial charge < -0.3 is 14.8 Å². The normalized spacial score (nSPS) is 10.5. The molecule has 0 spiro atoms. The topological polar surface area (TPSA) is 82.5 Å². The summed E-state index contributed by atoms with van der Waals surface area (Å²) in [4.78, 5) is 24.3. The van der Waals surface area contributed by atoms with Gasteiger partial charge in [0.2, 0.25) is 5.91 Å². The van der Waals surface area contributed by atoms with Crippen LogP contribution in [0.3, 0.4) is 0 Å².